The van der Waals surface area contributed by atoms with Gasteiger partial charge in [-0.15, -0.1) is 0 Å². The molecule has 0 fully saturated rings. The molecule has 2 N–H and O–H groups in total. The standard InChI is InChI=1S/C39H73O7PS/c1-3-5-7-9-11-13-15-17-19-21-23-25-27-29-31-33-38(40)44-35-37(36-45-47(42,43)48)46-39(41)34-32-30-28-26-24-22-20-18-16-14-12-10-8-6-4-2/h17-20,37H,3-16,21-36H2,1-2H3,(H2,42,43,48)/b19-17-,20-18-/t37-/m1/s1. The Morgan fingerprint density at radius 1 is 0.542 bits per heavy atom. The monoisotopic (exact) mass is 716 g/mol. The zero-order chi connectivity index (χ0) is 35.4. The molecule has 9 heteroatoms. The number of rotatable bonds is 36. The highest BCUT2D eigenvalue weighted by Crippen LogP contribution is 2.36. The quantitative estimate of drug-likeness (QED) is 0.0286. The largest absolute Gasteiger partial charge is 0.462 e. The highest BCUT2D eigenvalue weighted by molar-refractivity contribution is 8.06. The van der Waals surface area contributed by atoms with Crippen molar-refractivity contribution in [2.75, 3.05) is 13.2 Å². The van der Waals surface area contributed by atoms with Gasteiger partial charge in [-0.25, -0.2) is 0 Å². The van der Waals surface area contributed by atoms with E-state index in [-0.39, 0.29) is 25.6 Å². The molecule has 48 heavy (non-hydrogen) atoms. The zero-order valence-electron chi connectivity index (χ0n) is 30.9. The van der Waals surface area contributed by atoms with E-state index in [1.54, 1.807) is 0 Å². The first kappa shape index (κ1) is 47.0. The number of hydrogen-bond acceptors (Lipinski definition) is 6. The van der Waals surface area contributed by atoms with Crippen LogP contribution in [0.25, 0.3) is 0 Å². The Morgan fingerprint density at radius 3 is 1.29 bits per heavy atom. The Kier molecular flexibility index (Phi) is 35.0. The summed E-state index contributed by atoms with van der Waals surface area (Å²) in [6.07, 6.45) is 39.6. The molecule has 1 atom stereocenters. The van der Waals surface area contributed by atoms with E-state index < -0.39 is 18.8 Å². The van der Waals surface area contributed by atoms with Crippen LogP contribution in [0, 0.1) is 0 Å². The molecule has 0 aliphatic carbocycles. The van der Waals surface area contributed by atoms with Crippen LogP contribution in [-0.4, -0.2) is 41.0 Å². The van der Waals surface area contributed by atoms with Crippen molar-refractivity contribution in [2.45, 2.75) is 200 Å². The molecule has 0 rings (SSSR count). The zero-order valence-corrected chi connectivity index (χ0v) is 32.6. The number of esters is 2. The fraction of sp³-hybridized carbons (Fsp3) is 0.846. The van der Waals surface area contributed by atoms with Crippen LogP contribution in [0.4, 0.5) is 0 Å². The van der Waals surface area contributed by atoms with Crippen molar-refractivity contribution < 1.29 is 33.4 Å². The number of unbranched alkanes of at least 4 members (excludes halogenated alkanes) is 22. The topological polar surface area (TPSA) is 102 Å². The molecule has 0 bridgehead atoms. The smallest absolute Gasteiger partial charge is 0.322 e. The van der Waals surface area contributed by atoms with Crippen molar-refractivity contribution in [3.05, 3.63) is 24.3 Å². The maximum Gasteiger partial charge on any atom is 0.322 e. The Hall–Kier alpha value is -1.05. The number of hydrogen-bond donors (Lipinski definition) is 2. The number of carbonyl (C=O) groups is 2. The lowest BCUT2D eigenvalue weighted by Crippen LogP contribution is -2.29. The van der Waals surface area contributed by atoms with Gasteiger partial charge in [-0.2, -0.15) is 0 Å². The summed E-state index contributed by atoms with van der Waals surface area (Å²) >= 11 is 4.52. The molecule has 0 saturated carbocycles. The molecule has 0 radical (unpaired) electrons. The van der Waals surface area contributed by atoms with Gasteiger partial charge in [0.05, 0.1) is 6.61 Å². The first-order valence-electron chi connectivity index (χ1n) is 19.6. The summed E-state index contributed by atoms with van der Waals surface area (Å²) in [5.41, 5.74) is 0. The minimum absolute atomic E-state index is 0.197. The van der Waals surface area contributed by atoms with E-state index in [1.165, 1.54) is 96.3 Å². The fourth-order valence-electron chi connectivity index (χ4n) is 5.48. The van der Waals surface area contributed by atoms with Crippen LogP contribution in [0.15, 0.2) is 24.3 Å². The van der Waals surface area contributed by atoms with Gasteiger partial charge < -0.3 is 23.8 Å². The lowest BCUT2D eigenvalue weighted by molar-refractivity contribution is -0.161. The van der Waals surface area contributed by atoms with Crippen molar-refractivity contribution in [1.82, 2.24) is 0 Å². The number of ether oxygens (including phenoxy) is 2. The van der Waals surface area contributed by atoms with Gasteiger partial charge in [0, 0.05) is 12.8 Å². The van der Waals surface area contributed by atoms with Crippen LogP contribution in [0.5, 0.6) is 0 Å². The van der Waals surface area contributed by atoms with E-state index >= 15 is 0 Å². The van der Waals surface area contributed by atoms with Crippen LogP contribution in [0.3, 0.4) is 0 Å². The number of carbonyl (C=O) groups excluding carboxylic acids is 2. The van der Waals surface area contributed by atoms with Crippen molar-refractivity contribution in [3.8, 4) is 0 Å². The van der Waals surface area contributed by atoms with Gasteiger partial charge >= 0.3 is 18.7 Å². The molecule has 0 heterocycles. The summed E-state index contributed by atoms with van der Waals surface area (Å²) in [6, 6.07) is 0. The van der Waals surface area contributed by atoms with Gasteiger partial charge in [0.2, 0.25) is 0 Å². The summed E-state index contributed by atoms with van der Waals surface area (Å²) in [5.74, 6) is -0.780. The maximum atomic E-state index is 12.4. The highest BCUT2D eigenvalue weighted by atomic mass is 32.5. The average molecular weight is 717 g/mol. The Morgan fingerprint density at radius 2 is 0.896 bits per heavy atom. The molecular weight excluding hydrogens is 643 g/mol. The summed E-state index contributed by atoms with van der Waals surface area (Å²) in [5, 5.41) is 0. The van der Waals surface area contributed by atoms with E-state index in [9.17, 15) is 19.4 Å². The van der Waals surface area contributed by atoms with Gasteiger partial charge in [0.1, 0.15) is 6.61 Å². The SMILES string of the molecule is CCCCCCCC/C=C\CCCCCCCC(=O)OC[C@H](COP(O)(O)=S)OC(=O)CCCCCCC/C=C\CCCCCCCC. The number of allylic oxidation sites excluding steroid dienone is 4. The van der Waals surface area contributed by atoms with Gasteiger partial charge in [0.25, 0.3) is 0 Å². The van der Waals surface area contributed by atoms with Crippen LogP contribution in [-0.2, 0) is 35.4 Å². The fourth-order valence-corrected chi connectivity index (χ4v) is 6.02. The predicted octanol–water partition coefficient (Wildman–Crippen LogP) is 11.7. The van der Waals surface area contributed by atoms with Gasteiger partial charge in [-0.3, -0.25) is 9.59 Å². The lowest BCUT2D eigenvalue weighted by atomic mass is 10.1. The molecule has 0 saturated heterocycles. The third kappa shape index (κ3) is 37.8. The Balaban J connectivity index is 3.97. The second kappa shape index (κ2) is 35.8. The first-order chi connectivity index (χ1) is 23.3. The molecule has 0 unspecified atom stereocenters. The van der Waals surface area contributed by atoms with Crippen LogP contribution in [0.2, 0.25) is 0 Å². The second-order valence-corrected chi connectivity index (χ2v) is 15.9. The van der Waals surface area contributed by atoms with E-state index in [0.29, 0.717) is 12.8 Å². The lowest BCUT2D eigenvalue weighted by Gasteiger charge is -2.19. The summed E-state index contributed by atoms with van der Waals surface area (Å²) in [4.78, 5) is 43.6. The van der Waals surface area contributed by atoms with Crippen molar-refractivity contribution in [3.63, 3.8) is 0 Å². The van der Waals surface area contributed by atoms with Crippen molar-refractivity contribution in [2.24, 2.45) is 0 Å². The first-order valence-corrected chi connectivity index (χ1v) is 22.3. The molecule has 0 amide bonds. The summed E-state index contributed by atoms with van der Waals surface area (Å²) < 4.78 is 15.7. The Bertz CT molecular complexity index is 842. The van der Waals surface area contributed by atoms with Crippen LogP contribution in [0.1, 0.15) is 194 Å². The molecule has 282 valence electrons. The van der Waals surface area contributed by atoms with Gasteiger partial charge in [-0.05, 0) is 76.0 Å². The minimum atomic E-state index is -3.92. The predicted molar refractivity (Wildman–Crippen MR) is 204 cm³/mol. The van der Waals surface area contributed by atoms with Crippen LogP contribution < -0.4 is 0 Å². The molecule has 7 nitrogen and oxygen atoms in total. The summed E-state index contributed by atoms with van der Waals surface area (Å²) in [7, 11) is 0. The highest BCUT2D eigenvalue weighted by Gasteiger charge is 2.20. The van der Waals surface area contributed by atoms with Gasteiger partial charge in [-0.1, -0.05) is 141 Å². The molecule has 0 aromatic heterocycles. The van der Waals surface area contributed by atoms with E-state index in [2.05, 4.69) is 50.0 Å². The van der Waals surface area contributed by atoms with Crippen molar-refractivity contribution in [1.29, 1.82) is 0 Å². The third-order valence-corrected chi connectivity index (χ3v) is 9.24. The van der Waals surface area contributed by atoms with Crippen molar-refractivity contribution >= 4 is 30.5 Å². The molecule has 0 aromatic rings. The second-order valence-electron chi connectivity index (χ2n) is 13.2. The van der Waals surface area contributed by atoms with Crippen LogP contribution >= 0.6 is 6.72 Å². The molecular formula is C39H73O7PS. The maximum absolute atomic E-state index is 12.4. The third-order valence-electron chi connectivity index (χ3n) is 8.44. The molecule has 0 spiro atoms. The molecule has 0 aromatic carbocycles. The molecule has 0 aliphatic rings. The average Bonchev–Trinajstić information content (AvgIpc) is 3.05. The normalized spacial score (nSPS) is 12.7. The molecule has 0 aliphatic heterocycles. The Labute approximate surface area is 300 Å². The summed E-state index contributed by atoms with van der Waals surface area (Å²) in [6.45, 7) is 0.0532. The van der Waals surface area contributed by atoms with E-state index in [1.807, 2.05) is 0 Å². The minimum Gasteiger partial charge on any atom is -0.462 e. The van der Waals surface area contributed by atoms with Gasteiger partial charge in [0.15, 0.2) is 6.10 Å². The van der Waals surface area contributed by atoms with E-state index in [4.69, 9.17) is 14.0 Å². The van der Waals surface area contributed by atoms with E-state index in [0.717, 1.165) is 64.2 Å².